The standard InChI is InChI=1S/C26H28Cl2F3NO3/c1-15(26(29,30)31)20(16-8-10-18(27)11-9-16)22(33)32-19-7-5-6-17(21(19)28)14-25(12-13-25)23(34)35-24(2,3)4/h5-11,15,20H,12-14H2,1-4H3,(H,32,33)/t15-,20?/m1/s1. The molecule has 0 saturated heterocycles. The van der Waals surface area contributed by atoms with Crippen LogP contribution >= 0.6 is 23.2 Å². The molecule has 1 aliphatic rings. The van der Waals surface area contributed by atoms with Crippen molar-refractivity contribution < 1.29 is 27.5 Å². The van der Waals surface area contributed by atoms with Gasteiger partial charge in [0.15, 0.2) is 0 Å². The first-order valence-corrected chi connectivity index (χ1v) is 12.0. The van der Waals surface area contributed by atoms with Gasteiger partial charge >= 0.3 is 12.1 Å². The number of carbonyl (C=O) groups is 2. The highest BCUT2D eigenvalue weighted by atomic mass is 35.5. The Hall–Kier alpha value is -2.25. The van der Waals surface area contributed by atoms with Crippen LogP contribution in [-0.4, -0.2) is 23.7 Å². The van der Waals surface area contributed by atoms with Gasteiger partial charge in [0.05, 0.1) is 28.0 Å². The van der Waals surface area contributed by atoms with Crippen molar-refractivity contribution in [3.63, 3.8) is 0 Å². The van der Waals surface area contributed by atoms with E-state index in [-0.39, 0.29) is 22.2 Å². The molecule has 2 aromatic rings. The van der Waals surface area contributed by atoms with Crippen LogP contribution in [0, 0.1) is 11.3 Å². The van der Waals surface area contributed by atoms with Crippen LogP contribution in [-0.2, 0) is 20.7 Å². The lowest BCUT2D eigenvalue weighted by Crippen LogP contribution is -2.34. The summed E-state index contributed by atoms with van der Waals surface area (Å²) in [7, 11) is 0. The number of amides is 1. The van der Waals surface area contributed by atoms with E-state index in [4.69, 9.17) is 27.9 Å². The van der Waals surface area contributed by atoms with Crippen LogP contribution in [0.5, 0.6) is 0 Å². The minimum atomic E-state index is -4.60. The maximum Gasteiger partial charge on any atom is 0.392 e. The maximum absolute atomic E-state index is 13.6. The van der Waals surface area contributed by atoms with E-state index in [1.807, 2.05) is 0 Å². The minimum absolute atomic E-state index is 0.183. The fourth-order valence-corrected chi connectivity index (χ4v) is 4.27. The van der Waals surface area contributed by atoms with Crippen LogP contribution in [0.15, 0.2) is 42.5 Å². The molecule has 0 heterocycles. The summed E-state index contributed by atoms with van der Waals surface area (Å²) in [6, 6.07) is 10.6. The van der Waals surface area contributed by atoms with Gasteiger partial charge in [-0.1, -0.05) is 54.4 Å². The van der Waals surface area contributed by atoms with Gasteiger partial charge in [0.2, 0.25) is 5.91 Å². The van der Waals surface area contributed by atoms with E-state index >= 15 is 0 Å². The number of nitrogens with one attached hydrogen (secondary N) is 1. The van der Waals surface area contributed by atoms with Crippen LogP contribution in [0.3, 0.4) is 0 Å². The van der Waals surface area contributed by atoms with E-state index in [2.05, 4.69) is 5.32 Å². The predicted molar refractivity (Wildman–Crippen MR) is 131 cm³/mol. The summed E-state index contributed by atoms with van der Waals surface area (Å²) >= 11 is 12.4. The van der Waals surface area contributed by atoms with Crippen LogP contribution < -0.4 is 5.32 Å². The Kier molecular flexibility index (Phi) is 7.82. The van der Waals surface area contributed by atoms with Gasteiger partial charge in [0.1, 0.15) is 5.60 Å². The highest BCUT2D eigenvalue weighted by Gasteiger charge is 2.52. The normalized spacial score (nSPS) is 16.8. The van der Waals surface area contributed by atoms with E-state index in [9.17, 15) is 22.8 Å². The number of esters is 1. The lowest BCUT2D eigenvalue weighted by atomic mass is 9.85. The zero-order valence-electron chi connectivity index (χ0n) is 19.9. The minimum Gasteiger partial charge on any atom is -0.460 e. The van der Waals surface area contributed by atoms with Crippen molar-refractivity contribution >= 4 is 40.8 Å². The number of benzene rings is 2. The molecule has 1 saturated carbocycles. The number of rotatable bonds is 7. The second-order valence-electron chi connectivity index (χ2n) is 10.1. The number of hydrogen-bond donors (Lipinski definition) is 1. The topological polar surface area (TPSA) is 55.4 Å². The van der Waals surface area contributed by atoms with Crippen LogP contribution in [0.4, 0.5) is 18.9 Å². The highest BCUT2D eigenvalue weighted by Crippen LogP contribution is 2.51. The Morgan fingerprint density at radius 3 is 2.17 bits per heavy atom. The van der Waals surface area contributed by atoms with Gasteiger partial charge in [-0.15, -0.1) is 0 Å². The Morgan fingerprint density at radius 1 is 1.06 bits per heavy atom. The van der Waals surface area contributed by atoms with Crippen molar-refractivity contribution in [3.8, 4) is 0 Å². The molecule has 1 aliphatic carbocycles. The maximum atomic E-state index is 13.6. The molecular weight excluding hydrogens is 502 g/mol. The van der Waals surface area contributed by atoms with Crippen molar-refractivity contribution in [1.82, 2.24) is 0 Å². The monoisotopic (exact) mass is 529 g/mol. The van der Waals surface area contributed by atoms with Gasteiger partial charge in [-0.2, -0.15) is 13.2 Å². The van der Waals surface area contributed by atoms with Crippen molar-refractivity contribution in [1.29, 1.82) is 0 Å². The third kappa shape index (κ3) is 6.70. The molecule has 9 heteroatoms. The average molecular weight is 530 g/mol. The van der Waals surface area contributed by atoms with Crippen LogP contribution in [0.2, 0.25) is 10.0 Å². The molecule has 0 spiro atoms. The predicted octanol–water partition coefficient (Wildman–Crippen LogP) is 7.58. The zero-order chi connectivity index (χ0) is 26.2. The van der Waals surface area contributed by atoms with E-state index in [0.29, 0.717) is 29.8 Å². The molecule has 1 fully saturated rings. The lowest BCUT2D eigenvalue weighted by molar-refractivity contribution is -0.178. The number of ether oxygens (including phenoxy) is 1. The first-order valence-electron chi connectivity index (χ1n) is 11.3. The first-order chi connectivity index (χ1) is 16.1. The Labute approximate surface area is 213 Å². The summed E-state index contributed by atoms with van der Waals surface area (Å²) < 4.78 is 46.4. The summed E-state index contributed by atoms with van der Waals surface area (Å²) in [6.07, 6.45) is -2.99. The molecule has 0 radical (unpaired) electrons. The lowest BCUT2D eigenvalue weighted by Gasteiger charge is -2.26. The zero-order valence-corrected chi connectivity index (χ0v) is 21.4. The Bertz CT molecular complexity index is 1090. The summed E-state index contributed by atoms with van der Waals surface area (Å²) in [5.74, 6) is -4.61. The quantitative estimate of drug-likeness (QED) is 0.376. The molecule has 190 valence electrons. The molecule has 1 N–H and O–H groups in total. The fourth-order valence-electron chi connectivity index (χ4n) is 3.90. The second-order valence-corrected chi connectivity index (χ2v) is 10.9. The molecule has 1 unspecified atom stereocenters. The highest BCUT2D eigenvalue weighted by molar-refractivity contribution is 6.34. The van der Waals surface area contributed by atoms with Gasteiger partial charge in [-0.05, 0) is 69.4 Å². The van der Waals surface area contributed by atoms with Gasteiger partial charge in [-0.25, -0.2) is 0 Å². The van der Waals surface area contributed by atoms with Crippen molar-refractivity contribution in [3.05, 3.63) is 63.6 Å². The van der Waals surface area contributed by atoms with Crippen molar-refractivity contribution in [2.24, 2.45) is 11.3 Å². The van der Waals surface area contributed by atoms with Crippen molar-refractivity contribution in [2.75, 3.05) is 5.32 Å². The second kappa shape index (κ2) is 10.0. The number of anilines is 1. The summed E-state index contributed by atoms with van der Waals surface area (Å²) in [5, 5.41) is 3.11. The molecule has 3 rings (SSSR count). The number of hydrogen-bond acceptors (Lipinski definition) is 3. The molecule has 4 nitrogen and oxygen atoms in total. The van der Waals surface area contributed by atoms with Gasteiger partial charge in [0, 0.05) is 5.02 Å². The summed E-state index contributed by atoms with van der Waals surface area (Å²) in [5.41, 5.74) is -0.331. The van der Waals surface area contributed by atoms with Crippen LogP contribution in [0.1, 0.15) is 57.6 Å². The number of carbonyl (C=O) groups excluding carboxylic acids is 2. The SMILES string of the molecule is C[C@H](C(C(=O)Nc1cccc(CC2(C(=O)OC(C)(C)C)CC2)c1Cl)c1ccc(Cl)cc1)C(F)(F)F. The molecular formula is C26H28Cl2F3NO3. The molecule has 0 bridgehead atoms. The molecule has 1 amide bonds. The average Bonchev–Trinajstić information content (AvgIpc) is 3.51. The number of halogens is 5. The van der Waals surface area contributed by atoms with E-state index < -0.39 is 34.9 Å². The molecule has 2 aromatic carbocycles. The molecule has 0 aliphatic heterocycles. The smallest absolute Gasteiger partial charge is 0.392 e. The third-order valence-electron chi connectivity index (χ3n) is 6.08. The summed E-state index contributed by atoms with van der Waals surface area (Å²) in [6.45, 7) is 6.35. The summed E-state index contributed by atoms with van der Waals surface area (Å²) in [4.78, 5) is 25.8. The largest absolute Gasteiger partial charge is 0.460 e. The number of alkyl halides is 3. The van der Waals surface area contributed by atoms with Crippen molar-refractivity contribution in [2.45, 2.75) is 64.7 Å². The third-order valence-corrected chi connectivity index (χ3v) is 6.78. The van der Waals surface area contributed by atoms with Gasteiger partial charge in [0.25, 0.3) is 0 Å². The van der Waals surface area contributed by atoms with E-state index in [1.165, 1.54) is 30.3 Å². The van der Waals surface area contributed by atoms with Gasteiger partial charge in [-0.3, -0.25) is 9.59 Å². The van der Waals surface area contributed by atoms with Gasteiger partial charge < -0.3 is 10.1 Å². The Morgan fingerprint density at radius 2 is 1.66 bits per heavy atom. The molecule has 0 aromatic heterocycles. The van der Waals surface area contributed by atoms with Crippen LogP contribution in [0.25, 0.3) is 0 Å². The Balaban J connectivity index is 1.85. The van der Waals surface area contributed by atoms with E-state index in [1.54, 1.807) is 32.9 Å². The van der Waals surface area contributed by atoms with E-state index in [0.717, 1.165) is 6.92 Å². The molecule has 2 atom stereocenters. The first kappa shape index (κ1) is 27.3. The fraction of sp³-hybridized carbons (Fsp3) is 0.462. The molecule has 35 heavy (non-hydrogen) atoms.